The van der Waals surface area contributed by atoms with Crippen LogP contribution in [-0.2, 0) is 20.6 Å². The van der Waals surface area contributed by atoms with Gasteiger partial charge in [-0.25, -0.2) is 12.8 Å². The largest absolute Gasteiger partial charge is 0.480 e. The summed E-state index contributed by atoms with van der Waals surface area (Å²) >= 11 is 0. The summed E-state index contributed by atoms with van der Waals surface area (Å²) in [5.41, 5.74) is 0.713. The molecule has 0 heterocycles. The number of hydrogen-bond acceptors (Lipinski definition) is 3. The number of hydrogen-bond donors (Lipinski definition) is 1. The predicted molar refractivity (Wildman–Crippen MR) is 64.0 cm³/mol. The fourth-order valence-corrected chi connectivity index (χ4v) is 2.52. The lowest BCUT2D eigenvalue weighted by molar-refractivity contribution is -0.137. The van der Waals surface area contributed by atoms with Crippen molar-refractivity contribution in [3.63, 3.8) is 0 Å². The van der Waals surface area contributed by atoms with Crippen LogP contribution in [0.25, 0.3) is 0 Å². The van der Waals surface area contributed by atoms with E-state index in [9.17, 15) is 17.6 Å². The first-order valence-corrected chi connectivity index (χ1v) is 6.74. The molecule has 18 heavy (non-hydrogen) atoms. The van der Waals surface area contributed by atoms with Gasteiger partial charge in [0, 0.05) is 12.6 Å². The molecule has 0 fully saturated rings. The number of benzene rings is 1. The molecule has 0 aliphatic rings. The maximum atomic E-state index is 13.5. The lowest BCUT2D eigenvalue weighted by Gasteiger charge is -2.15. The minimum atomic E-state index is -3.83. The highest BCUT2D eigenvalue weighted by atomic mass is 32.2. The van der Waals surface area contributed by atoms with Crippen molar-refractivity contribution in [2.45, 2.75) is 12.7 Å². The van der Waals surface area contributed by atoms with Crippen LogP contribution >= 0.6 is 0 Å². The molecule has 0 bridgehead atoms. The van der Waals surface area contributed by atoms with E-state index in [0.29, 0.717) is 9.87 Å². The molecule has 0 aliphatic heterocycles. The molecule has 0 radical (unpaired) electrons. The summed E-state index contributed by atoms with van der Waals surface area (Å²) in [6.07, 6.45) is 0. The third kappa shape index (κ3) is 3.78. The number of aliphatic carboxylic acids is 1. The zero-order valence-electron chi connectivity index (χ0n) is 10.1. The maximum absolute atomic E-state index is 13.5. The number of aryl methyl sites for hydroxylation is 1. The number of carboxylic acids is 1. The fraction of sp³-hybridized carbons (Fsp3) is 0.364. The highest BCUT2D eigenvalue weighted by Crippen LogP contribution is 2.14. The number of likely N-dealkylation sites (N-methyl/N-ethyl adjacent to an activating group) is 1. The van der Waals surface area contributed by atoms with E-state index < -0.39 is 34.1 Å². The fourth-order valence-electron chi connectivity index (χ4n) is 1.36. The van der Waals surface area contributed by atoms with E-state index in [1.807, 2.05) is 0 Å². The van der Waals surface area contributed by atoms with Crippen LogP contribution in [-0.4, -0.2) is 37.4 Å². The number of nitrogens with zero attached hydrogens (tertiary/aromatic N) is 1. The third-order valence-electron chi connectivity index (χ3n) is 2.38. The van der Waals surface area contributed by atoms with Gasteiger partial charge in [0.15, 0.2) is 0 Å². The Morgan fingerprint density at radius 2 is 2.06 bits per heavy atom. The number of halogens is 1. The van der Waals surface area contributed by atoms with Gasteiger partial charge in [-0.3, -0.25) is 4.79 Å². The van der Waals surface area contributed by atoms with Crippen LogP contribution in [0.3, 0.4) is 0 Å². The van der Waals surface area contributed by atoms with Crippen molar-refractivity contribution in [1.29, 1.82) is 0 Å². The Kier molecular flexibility index (Phi) is 4.42. The molecule has 0 atom stereocenters. The summed E-state index contributed by atoms with van der Waals surface area (Å²) in [5.74, 6) is -2.42. The van der Waals surface area contributed by atoms with E-state index in [1.165, 1.54) is 12.1 Å². The summed E-state index contributed by atoms with van der Waals surface area (Å²) in [6, 6.07) is 4.23. The third-order valence-corrected chi connectivity index (χ3v) is 4.13. The van der Waals surface area contributed by atoms with E-state index in [0.717, 1.165) is 7.05 Å². The van der Waals surface area contributed by atoms with E-state index >= 15 is 0 Å². The first-order chi connectivity index (χ1) is 8.22. The van der Waals surface area contributed by atoms with Gasteiger partial charge in [-0.05, 0) is 18.6 Å². The predicted octanol–water partition coefficient (Wildman–Crippen LogP) is 0.980. The van der Waals surface area contributed by atoms with E-state index in [4.69, 9.17) is 5.11 Å². The van der Waals surface area contributed by atoms with Crippen molar-refractivity contribution in [2.75, 3.05) is 13.6 Å². The molecule has 1 aromatic rings. The van der Waals surface area contributed by atoms with Crippen molar-refractivity contribution in [3.05, 3.63) is 35.1 Å². The first kappa shape index (κ1) is 14.6. The van der Waals surface area contributed by atoms with Gasteiger partial charge in [-0.2, -0.15) is 4.31 Å². The van der Waals surface area contributed by atoms with Crippen molar-refractivity contribution in [1.82, 2.24) is 4.31 Å². The van der Waals surface area contributed by atoms with Gasteiger partial charge in [-0.1, -0.05) is 12.1 Å². The summed E-state index contributed by atoms with van der Waals surface area (Å²) in [5, 5.41) is 8.52. The molecule has 1 N–H and O–H groups in total. The highest BCUT2D eigenvalue weighted by Gasteiger charge is 2.22. The van der Waals surface area contributed by atoms with Crippen LogP contribution in [0.1, 0.15) is 11.1 Å². The molecule has 100 valence electrons. The van der Waals surface area contributed by atoms with Gasteiger partial charge < -0.3 is 5.11 Å². The van der Waals surface area contributed by atoms with Crippen molar-refractivity contribution >= 4 is 16.0 Å². The summed E-state index contributed by atoms with van der Waals surface area (Å²) in [4.78, 5) is 10.4. The molecule has 1 rings (SSSR count). The number of sulfonamides is 1. The second-order valence-corrected chi connectivity index (χ2v) is 6.08. The molecule has 0 saturated heterocycles. The van der Waals surface area contributed by atoms with Crippen molar-refractivity contribution < 1.29 is 22.7 Å². The molecular formula is C11H14FNO4S. The topological polar surface area (TPSA) is 74.7 Å². The molecule has 0 unspecified atom stereocenters. The average molecular weight is 275 g/mol. The quantitative estimate of drug-likeness (QED) is 0.869. The van der Waals surface area contributed by atoms with E-state index in [2.05, 4.69) is 0 Å². The van der Waals surface area contributed by atoms with E-state index in [-0.39, 0.29) is 5.56 Å². The highest BCUT2D eigenvalue weighted by molar-refractivity contribution is 7.88. The monoisotopic (exact) mass is 275 g/mol. The molecule has 0 amide bonds. The van der Waals surface area contributed by atoms with Gasteiger partial charge in [0.1, 0.15) is 12.4 Å². The van der Waals surface area contributed by atoms with Gasteiger partial charge in [0.25, 0.3) is 0 Å². The summed E-state index contributed by atoms with van der Waals surface area (Å²) < 4.78 is 37.7. The number of rotatable bonds is 5. The minimum Gasteiger partial charge on any atom is -0.480 e. The van der Waals surface area contributed by atoms with Crippen molar-refractivity contribution in [2.24, 2.45) is 0 Å². The minimum absolute atomic E-state index is 0.0258. The summed E-state index contributed by atoms with van der Waals surface area (Å²) in [6.45, 7) is 1.05. The smallest absolute Gasteiger partial charge is 0.318 e. The maximum Gasteiger partial charge on any atom is 0.318 e. The lowest BCUT2D eigenvalue weighted by Crippen LogP contribution is -2.33. The molecule has 0 saturated carbocycles. The van der Waals surface area contributed by atoms with Gasteiger partial charge in [0.05, 0.1) is 5.75 Å². The standard InChI is InChI=1S/C11H14FNO4S/c1-8-3-4-9(10(12)5-8)7-18(16,17)13(2)6-11(14)15/h3-5H,6-7H2,1-2H3,(H,14,15). The van der Waals surface area contributed by atoms with Crippen LogP contribution in [0, 0.1) is 12.7 Å². The Balaban J connectivity index is 2.92. The van der Waals surface area contributed by atoms with Gasteiger partial charge in [0.2, 0.25) is 10.0 Å². The molecule has 1 aromatic carbocycles. The van der Waals surface area contributed by atoms with Crippen molar-refractivity contribution in [3.8, 4) is 0 Å². The second-order valence-electron chi connectivity index (χ2n) is 4.00. The Morgan fingerprint density at radius 3 is 2.56 bits per heavy atom. The summed E-state index contributed by atoms with van der Waals surface area (Å²) in [7, 11) is -2.68. The van der Waals surface area contributed by atoms with Crippen LogP contribution in [0.5, 0.6) is 0 Å². The van der Waals surface area contributed by atoms with Crippen LogP contribution < -0.4 is 0 Å². The normalized spacial score (nSPS) is 11.8. The SMILES string of the molecule is Cc1ccc(CS(=O)(=O)N(C)CC(=O)O)c(F)c1. The molecule has 5 nitrogen and oxygen atoms in total. The lowest BCUT2D eigenvalue weighted by atomic mass is 10.2. The number of carbonyl (C=O) groups is 1. The first-order valence-electron chi connectivity index (χ1n) is 5.13. The number of carboxylic acid groups (broad SMARTS) is 1. The molecular weight excluding hydrogens is 261 g/mol. The Bertz CT molecular complexity index is 556. The van der Waals surface area contributed by atoms with Gasteiger partial charge in [-0.15, -0.1) is 0 Å². The Morgan fingerprint density at radius 1 is 1.44 bits per heavy atom. The van der Waals surface area contributed by atoms with Crippen LogP contribution in [0.2, 0.25) is 0 Å². The zero-order valence-corrected chi connectivity index (χ0v) is 10.9. The molecule has 0 aromatic heterocycles. The second kappa shape index (κ2) is 5.45. The van der Waals surface area contributed by atoms with E-state index in [1.54, 1.807) is 13.0 Å². The van der Waals surface area contributed by atoms with Gasteiger partial charge >= 0.3 is 5.97 Å². The Labute approximate surface area is 105 Å². The molecule has 0 aliphatic carbocycles. The zero-order chi connectivity index (χ0) is 13.9. The van der Waals surface area contributed by atoms with Crippen LogP contribution in [0.4, 0.5) is 4.39 Å². The average Bonchev–Trinajstić information content (AvgIpc) is 2.21. The molecule has 0 spiro atoms. The Hall–Kier alpha value is -1.47. The molecule has 7 heteroatoms. The van der Waals surface area contributed by atoms with Crippen LogP contribution in [0.15, 0.2) is 18.2 Å².